The highest BCUT2D eigenvalue weighted by Crippen LogP contribution is 2.51. The third-order valence-corrected chi connectivity index (χ3v) is 4.53. The highest BCUT2D eigenvalue weighted by molar-refractivity contribution is 6.15. The van der Waals surface area contributed by atoms with E-state index in [1.54, 1.807) is 0 Å². The van der Waals surface area contributed by atoms with Gasteiger partial charge in [-0.3, -0.25) is 0 Å². The lowest BCUT2D eigenvalue weighted by Gasteiger charge is -2.32. The number of aryl methyl sites for hydroxylation is 2. The first-order valence-electron chi connectivity index (χ1n) is 6.84. The van der Waals surface area contributed by atoms with Gasteiger partial charge in [0.25, 0.3) is 0 Å². The standard InChI is InChI=1S/C17H16BN/c1-8-3-10-7-11-4-9(2)6-13-15(11)14(10)12(5-8)16(18)17(13)19/h3-6,16-17H,7,19H2,1-2H3. The fraction of sp³-hybridized carbons (Fsp3) is 0.294. The van der Waals surface area contributed by atoms with Gasteiger partial charge in [-0.1, -0.05) is 35.4 Å². The van der Waals surface area contributed by atoms with Crippen LogP contribution in [0, 0.1) is 13.8 Å². The van der Waals surface area contributed by atoms with Crippen LogP contribution in [-0.4, -0.2) is 7.85 Å². The maximum absolute atomic E-state index is 6.39. The van der Waals surface area contributed by atoms with Gasteiger partial charge in [0, 0.05) is 6.04 Å². The summed E-state index contributed by atoms with van der Waals surface area (Å²) in [4.78, 5) is 0. The van der Waals surface area contributed by atoms with Gasteiger partial charge in [-0.05, 0) is 59.5 Å². The van der Waals surface area contributed by atoms with E-state index >= 15 is 0 Å². The van der Waals surface area contributed by atoms with E-state index in [0.29, 0.717) is 0 Å². The normalized spacial score (nSPS) is 22.5. The fourth-order valence-electron chi connectivity index (χ4n) is 3.79. The molecule has 2 aromatic rings. The predicted molar refractivity (Wildman–Crippen MR) is 79.6 cm³/mol. The summed E-state index contributed by atoms with van der Waals surface area (Å²) in [6, 6.07) is 8.92. The largest absolute Gasteiger partial charge is 0.324 e. The highest BCUT2D eigenvalue weighted by Gasteiger charge is 2.34. The summed E-state index contributed by atoms with van der Waals surface area (Å²) in [5, 5.41) is 0. The molecule has 0 spiro atoms. The van der Waals surface area contributed by atoms with Crippen LogP contribution in [0.3, 0.4) is 0 Å². The maximum Gasteiger partial charge on any atom is 0.0789 e. The Morgan fingerprint density at radius 2 is 1.47 bits per heavy atom. The molecule has 0 saturated carbocycles. The van der Waals surface area contributed by atoms with Crippen LogP contribution in [0.1, 0.15) is 45.2 Å². The van der Waals surface area contributed by atoms with E-state index in [9.17, 15) is 0 Å². The Morgan fingerprint density at radius 1 is 0.947 bits per heavy atom. The molecule has 0 bridgehead atoms. The van der Waals surface area contributed by atoms with Crippen molar-refractivity contribution < 1.29 is 0 Å². The molecule has 1 nitrogen and oxygen atoms in total. The van der Waals surface area contributed by atoms with Gasteiger partial charge in [0.2, 0.25) is 0 Å². The molecule has 0 aromatic heterocycles. The van der Waals surface area contributed by atoms with E-state index in [-0.39, 0.29) is 11.9 Å². The van der Waals surface area contributed by atoms with Gasteiger partial charge in [-0.25, -0.2) is 0 Å². The summed E-state index contributed by atoms with van der Waals surface area (Å²) in [5.41, 5.74) is 17.0. The number of hydrogen-bond acceptors (Lipinski definition) is 1. The Morgan fingerprint density at radius 3 is 2.11 bits per heavy atom. The molecule has 4 rings (SSSR count). The average Bonchev–Trinajstić information content (AvgIpc) is 2.71. The van der Waals surface area contributed by atoms with E-state index in [1.165, 1.54) is 44.5 Å². The minimum absolute atomic E-state index is 0.0890. The molecule has 2 heteroatoms. The lowest BCUT2D eigenvalue weighted by Crippen LogP contribution is -2.25. The monoisotopic (exact) mass is 245 g/mol. The first-order chi connectivity index (χ1) is 9.06. The summed E-state index contributed by atoms with van der Waals surface area (Å²) in [6.45, 7) is 4.28. The van der Waals surface area contributed by atoms with Gasteiger partial charge in [0.1, 0.15) is 0 Å². The zero-order valence-corrected chi connectivity index (χ0v) is 11.3. The van der Waals surface area contributed by atoms with E-state index in [0.717, 1.165) is 6.42 Å². The second-order valence-corrected chi connectivity index (χ2v) is 6.00. The molecule has 0 aliphatic heterocycles. The predicted octanol–water partition coefficient (Wildman–Crippen LogP) is 3.10. The SMILES string of the molecule is [B]C1c2cc(C)cc3c2-c2c(cc(C)cc2C1N)C3. The quantitative estimate of drug-likeness (QED) is 0.605. The molecule has 19 heavy (non-hydrogen) atoms. The van der Waals surface area contributed by atoms with Gasteiger partial charge in [-0.2, -0.15) is 0 Å². The van der Waals surface area contributed by atoms with E-state index in [2.05, 4.69) is 38.1 Å². The van der Waals surface area contributed by atoms with Gasteiger partial charge >= 0.3 is 0 Å². The Kier molecular flexibility index (Phi) is 2.09. The first-order valence-corrected chi connectivity index (χ1v) is 6.84. The van der Waals surface area contributed by atoms with Crippen LogP contribution in [0.5, 0.6) is 0 Å². The Balaban J connectivity index is 2.15. The molecule has 0 heterocycles. The van der Waals surface area contributed by atoms with Crippen molar-refractivity contribution >= 4 is 7.85 Å². The molecule has 0 amide bonds. The minimum Gasteiger partial charge on any atom is -0.324 e. The summed E-state index contributed by atoms with van der Waals surface area (Å²) < 4.78 is 0. The molecule has 0 saturated heterocycles. The second kappa shape index (κ2) is 3.52. The van der Waals surface area contributed by atoms with Crippen LogP contribution >= 0.6 is 0 Å². The highest BCUT2D eigenvalue weighted by atomic mass is 14.7. The molecule has 2 aromatic carbocycles. The van der Waals surface area contributed by atoms with E-state index in [4.69, 9.17) is 13.6 Å². The Labute approximate surface area is 115 Å². The molecule has 2 atom stereocenters. The van der Waals surface area contributed by atoms with Crippen molar-refractivity contribution in [2.24, 2.45) is 5.73 Å². The zero-order chi connectivity index (χ0) is 13.3. The van der Waals surface area contributed by atoms with Gasteiger partial charge < -0.3 is 5.73 Å². The summed E-state index contributed by atoms with van der Waals surface area (Å²) >= 11 is 0. The van der Waals surface area contributed by atoms with Crippen LogP contribution in [0.25, 0.3) is 11.1 Å². The molecular weight excluding hydrogens is 229 g/mol. The van der Waals surface area contributed by atoms with Gasteiger partial charge in [0.05, 0.1) is 7.85 Å². The zero-order valence-electron chi connectivity index (χ0n) is 11.3. The van der Waals surface area contributed by atoms with Crippen molar-refractivity contribution in [3.63, 3.8) is 0 Å². The third-order valence-electron chi connectivity index (χ3n) is 4.53. The number of rotatable bonds is 0. The fourth-order valence-corrected chi connectivity index (χ4v) is 3.79. The number of benzene rings is 2. The molecule has 2 unspecified atom stereocenters. The second-order valence-electron chi connectivity index (χ2n) is 6.00. The number of hydrogen-bond donors (Lipinski definition) is 1. The average molecular weight is 245 g/mol. The summed E-state index contributed by atoms with van der Waals surface area (Å²) in [7, 11) is 6.39. The van der Waals surface area contributed by atoms with Crippen molar-refractivity contribution in [2.45, 2.75) is 32.1 Å². The van der Waals surface area contributed by atoms with Crippen molar-refractivity contribution in [1.82, 2.24) is 0 Å². The molecule has 2 aliphatic carbocycles. The lowest BCUT2D eigenvalue weighted by atomic mass is 9.66. The van der Waals surface area contributed by atoms with Crippen LogP contribution in [-0.2, 0) is 6.42 Å². The molecule has 2 aliphatic rings. The van der Waals surface area contributed by atoms with Crippen molar-refractivity contribution in [3.05, 3.63) is 57.6 Å². The molecule has 2 radical (unpaired) electrons. The molecule has 92 valence electrons. The van der Waals surface area contributed by atoms with Crippen LogP contribution in [0.15, 0.2) is 24.3 Å². The van der Waals surface area contributed by atoms with E-state index in [1.807, 2.05) is 0 Å². The van der Waals surface area contributed by atoms with Gasteiger partial charge in [0.15, 0.2) is 0 Å². The van der Waals surface area contributed by atoms with Crippen molar-refractivity contribution in [1.29, 1.82) is 0 Å². The van der Waals surface area contributed by atoms with E-state index < -0.39 is 0 Å². The molecule has 2 N–H and O–H groups in total. The third kappa shape index (κ3) is 1.35. The minimum atomic E-state index is -0.0890. The van der Waals surface area contributed by atoms with Crippen molar-refractivity contribution in [3.8, 4) is 11.1 Å². The molecular formula is C17H16BN. The molecule has 0 fully saturated rings. The first kappa shape index (κ1) is 11.3. The summed E-state index contributed by atoms with van der Waals surface area (Å²) in [5.74, 6) is -0.0890. The smallest absolute Gasteiger partial charge is 0.0789 e. The van der Waals surface area contributed by atoms with Crippen molar-refractivity contribution in [2.75, 3.05) is 0 Å². The lowest BCUT2D eigenvalue weighted by molar-refractivity contribution is 0.687. The number of nitrogens with two attached hydrogens (primary N) is 1. The topological polar surface area (TPSA) is 26.0 Å². The van der Waals surface area contributed by atoms with Crippen LogP contribution in [0.4, 0.5) is 0 Å². The maximum atomic E-state index is 6.39. The van der Waals surface area contributed by atoms with Crippen LogP contribution in [0.2, 0.25) is 0 Å². The Hall–Kier alpha value is -1.54. The van der Waals surface area contributed by atoms with Gasteiger partial charge in [-0.15, -0.1) is 0 Å². The van der Waals surface area contributed by atoms with Crippen LogP contribution < -0.4 is 5.73 Å². The summed E-state index contributed by atoms with van der Waals surface area (Å²) in [6.07, 6.45) is 1.02. The Bertz CT molecular complexity index is 656.